The summed E-state index contributed by atoms with van der Waals surface area (Å²) >= 11 is 6.10. The minimum absolute atomic E-state index is 0.106. The highest BCUT2D eigenvalue weighted by Gasteiger charge is 2.14. The molecule has 4 nitrogen and oxygen atoms in total. The molecule has 24 heavy (non-hydrogen) atoms. The van der Waals surface area contributed by atoms with Crippen molar-refractivity contribution < 1.29 is 5.11 Å². The van der Waals surface area contributed by atoms with E-state index in [0.29, 0.717) is 22.7 Å². The Morgan fingerprint density at radius 1 is 1.17 bits per heavy atom. The van der Waals surface area contributed by atoms with Gasteiger partial charge < -0.3 is 10.1 Å². The van der Waals surface area contributed by atoms with Crippen molar-refractivity contribution in [3.63, 3.8) is 0 Å². The number of nitriles is 1. The first kappa shape index (κ1) is 16.0. The minimum Gasteiger partial charge on any atom is -0.508 e. The summed E-state index contributed by atoms with van der Waals surface area (Å²) in [5.74, 6) is 6.26. The van der Waals surface area contributed by atoms with Crippen molar-refractivity contribution in [1.29, 1.82) is 5.26 Å². The number of halogens is 1. The molecule has 118 valence electrons. The molecule has 0 atom stereocenters. The van der Waals surface area contributed by atoms with E-state index >= 15 is 0 Å². The molecule has 0 amide bonds. The van der Waals surface area contributed by atoms with Gasteiger partial charge in [0.15, 0.2) is 0 Å². The summed E-state index contributed by atoms with van der Waals surface area (Å²) in [6, 6.07) is 12.3. The maximum atomic E-state index is 9.41. The molecule has 0 saturated carbocycles. The molecule has 5 heteroatoms. The van der Waals surface area contributed by atoms with Crippen LogP contribution < -0.4 is 5.43 Å². The van der Waals surface area contributed by atoms with Gasteiger partial charge in [0.2, 0.25) is 0 Å². The van der Waals surface area contributed by atoms with E-state index in [9.17, 15) is 5.11 Å². The van der Waals surface area contributed by atoms with Gasteiger partial charge in [-0.15, -0.1) is 0 Å². The standard InChI is InChI=1S/C19H14ClN3O/c1-23-12-16(11-22-23)18-8-13(10-21)2-3-14(18)4-5-15-6-7-17(24)9-19(15)20/h2-3,6-9,12,22,24H,11H2,1H3. The van der Waals surface area contributed by atoms with E-state index < -0.39 is 0 Å². The second kappa shape index (κ2) is 6.68. The van der Waals surface area contributed by atoms with Gasteiger partial charge in [0.05, 0.1) is 16.7 Å². The lowest BCUT2D eigenvalue weighted by molar-refractivity contribution is 0.374. The van der Waals surface area contributed by atoms with Gasteiger partial charge in [0.1, 0.15) is 5.75 Å². The van der Waals surface area contributed by atoms with E-state index in [1.54, 1.807) is 18.2 Å². The SMILES string of the molecule is CN1C=C(c2cc(C#N)ccc2C#Cc2ccc(O)cc2Cl)CN1. The molecule has 0 unspecified atom stereocenters. The van der Waals surface area contributed by atoms with Crippen LogP contribution in [0.15, 0.2) is 42.6 Å². The maximum absolute atomic E-state index is 9.41. The topological polar surface area (TPSA) is 59.3 Å². The van der Waals surface area contributed by atoms with Gasteiger partial charge in [0.25, 0.3) is 0 Å². The summed E-state index contributed by atoms with van der Waals surface area (Å²) in [6.45, 7) is 0.681. The zero-order valence-corrected chi connectivity index (χ0v) is 13.7. The molecule has 2 aromatic rings. The van der Waals surface area contributed by atoms with Gasteiger partial charge >= 0.3 is 0 Å². The number of hydrogen-bond donors (Lipinski definition) is 2. The second-order valence-electron chi connectivity index (χ2n) is 5.39. The molecular formula is C19H14ClN3O. The lowest BCUT2D eigenvalue weighted by Gasteiger charge is -2.05. The largest absolute Gasteiger partial charge is 0.508 e. The van der Waals surface area contributed by atoms with Crippen LogP contribution in [0.3, 0.4) is 0 Å². The fourth-order valence-corrected chi connectivity index (χ4v) is 2.65. The number of benzene rings is 2. The second-order valence-corrected chi connectivity index (χ2v) is 5.79. The van der Waals surface area contributed by atoms with Crippen LogP contribution in [0, 0.1) is 23.2 Å². The third-order valence-electron chi connectivity index (χ3n) is 3.65. The smallest absolute Gasteiger partial charge is 0.117 e. The maximum Gasteiger partial charge on any atom is 0.117 e. The van der Waals surface area contributed by atoms with Crippen LogP contribution in [0.4, 0.5) is 0 Å². The van der Waals surface area contributed by atoms with Crippen LogP contribution in [-0.2, 0) is 0 Å². The molecule has 1 aliphatic rings. The number of aromatic hydroxyl groups is 1. The number of phenols is 1. The highest BCUT2D eigenvalue weighted by Crippen LogP contribution is 2.24. The molecule has 1 heterocycles. The summed E-state index contributed by atoms with van der Waals surface area (Å²) in [7, 11) is 1.92. The van der Waals surface area contributed by atoms with Crippen LogP contribution >= 0.6 is 11.6 Å². The van der Waals surface area contributed by atoms with E-state index in [1.807, 2.05) is 30.4 Å². The van der Waals surface area contributed by atoms with Crippen molar-refractivity contribution in [2.75, 3.05) is 13.6 Å². The van der Waals surface area contributed by atoms with Crippen molar-refractivity contribution in [3.8, 4) is 23.7 Å². The summed E-state index contributed by atoms with van der Waals surface area (Å²) < 4.78 is 0. The van der Waals surface area contributed by atoms with E-state index in [4.69, 9.17) is 16.9 Å². The van der Waals surface area contributed by atoms with Gasteiger partial charge in [-0.25, -0.2) is 5.43 Å². The summed E-state index contributed by atoms with van der Waals surface area (Å²) in [6.07, 6.45) is 1.98. The Hall–Kier alpha value is -2.92. The first-order valence-electron chi connectivity index (χ1n) is 7.29. The lowest BCUT2D eigenvalue weighted by atomic mass is 9.98. The Morgan fingerprint density at radius 2 is 1.92 bits per heavy atom. The summed E-state index contributed by atoms with van der Waals surface area (Å²) in [5, 5.41) is 20.8. The van der Waals surface area contributed by atoms with Crippen molar-refractivity contribution in [2.24, 2.45) is 0 Å². The first-order chi connectivity index (χ1) is 11.6. The molecule has 2 N–H and O–H groups in total. The van der Waals surface area contributed by atoms with Gasteiger partial charge in [-0.05, 0) is 47.5 Å². The molecular weight excluding hydrogens is 322 g/mol. The van der Waals surface area contributed by atoms with Crippen molar-refractivity contribution in [3.05, 3.63) is 69.9 Å². The third-order valence-corrected chi connectivity index (χ3v) is 3.96. The average Bonchev–Trinajstić information content (AvgIpc) is 3.00. The van der Waals surface area contributed by atoms with Gasteiger partial charge in [0, 0.05) is 30.9 Å². The molecule has 0 spiro atoms. The molecule has 0 aromatic heterocycles. The molecule has 0 bridgehead atoms. The van der Waals surface area contributed by atoms with Crippen molar-refractivity contribution in [1.82, 2.24) is 10.4 Å². The predicted octanol–water partition coefficient (Wildman–Crippen LogP) is 3.11. The molecule has 0 aliphatic carbocycles. The highest BCUT2D eigenvalue weighted by atomic mass is 35.5. The predicted molar refractivity (Wildman–Crippen MR) is 94.0 cm³/mol. The lowest BCUT2D eigenvalue weighted by Crippen LogP contribution is -2.23. The first-order valence-corrected chi connectivity index (χ1v) is 7.67. The highest BCUT2D eigenvalue weighted by molar-refractivity contribution is 6.31. The summed E-state index contributed by atoms with van der Waals surface area (Å²) in [5.41, 5.74) is 7.22. The molecule has 0 fully saturated rings. The van der Waals surface area contributed by atoms with Gasteiger partial charge in [-0.3, -0.25) is 0 Å². The molecule has 1 aliphatic heterocycles. The number of nitrogens with one attached hydrogen (secondary N) is 1. The zero-order chi connectivity index (χ0) is 17.1. The van der Waals surface area contributed by atoms with Crippen molar-refractivity contribution in [2.45, 2.75) is 0 Å². The van der Waals surface area contributed by atoms with E-state index in [-0.39, 0.29) is 5.75 Å². The van der Waals surface area contributed by atoms with E-state index in [2.05, 4.69) is 23.3 Å². The van der Waals surface area contributed by atoms with Crippen LogP contribution in [0.2, 0.25) is 5.02 Å². The van der Waals surface area contributed by atoms with Crippen LogP contribution in [-0.4, -0.2) is 23.7 Å². The van der Waals surface area contributed by atoms with Crippen LogP contribution in [0.1, 0.15) is 22.3 Å². The quantitative estimate of drug-likeness (QED) is 0.786. The normalized spacial score (nSPS) is 13.0. The fraction of sp³-hybridized carbons (Fsp3) is 0.105. The minimum atomic E-state index is 0.106. The Kier molecular flexibility index (Phi) is 4.44. The van der Waals surface area contributed by atoms with Gasteiger partial charge in [-0.2, -0.15) is 5.26 Å². The summed E-state index contributed by atoms with van der Waals surface area (Å²) in [4.78, 5) is 0. The van der Waals surface area contributed by atoms with E-state index in [0.717, 1.165) is 16.7 Å². The number of rotatable bonds is 1. The third kappa shape index (κ3) is 3.36. The number of phenolic OH excluding ortho intramolecular Hbond substituents is 1. The number of hydrogen-bond acceptors (Lipinski definition) is 4. The zero-order valence-electron chi connectivity index (χ0n) is 13.0. The molecule has 0 saturated heterocycles. The number of hydrazine groups is 1. The Balaban J connectivity index is 2.04. The van der Waals surface area contributed by atoms with Crippen LogP contribution in [0.5, 0.6) is 5.75 Å². The van der Waals surface area contributed by atoms with Gasteiger partial charge in [-0.1, -0.05) is 23.4 Å². The van der Waals surface area contributed by atoms with Crippen LogP contribution in [0.25, 0.3) is 5.57 Å². The average molecular weight is 336 g/mol. The number of nitrogens with zero attached hydrogens (tertiary/aromatic N) is 2. The Bertz CT molecular complexity index is 932. The molecule has 2 aromatic carbocycles. The Morgan fingerprint density at radius 3 is 2.58 bits per heavy atom. The Labute approximate surface area is 145 Å². The molecule has 0 radical (unpaired) electrons. The molecule has 3 rings (SSSR count). The van der Waals surface area contributed by atoms with E-state index in [1.165, 1.54) is 6.07 Å². The monoisotopic (exact) mass is 335 g/mol. The van der Waals surface area contributed by atoms with Crippen molar-refractivity contribution >= 4 is 17.2 Å². The fourth-order valence-electron chi connectivity index (χ4n) is 2.43.